The number of hydrogen-bond donors (Lipinski definition) is 4. The summed E-state index contributed by atoms with van der Waals surface area (Å²) in [6.45, 7) is 3.33. The topological polar surface area (TPSA) is 104 Å². The standard InChI is InChI=1S/C11H15NO4S/c1-11(2,9(12)10(15)16)17-8-5-6(13)3-4-7(8)14/h3-5,9,13-14H,12H2,1-2H3,(H,15,16). The van der Waals surface area contributed by atoms with Gasteiger partial charge in [-0.3, -0.25) is 4.79 Å². The van der Waals surface area contributed by atoms with Crippen LogP contribution in [0.25, 0.3) is 0 Å². The Morgan fingerprint density at radius 2 is 2.00 bits per heavy atom. The van der Waals surface area contributed by atoms with Crippen molar-refractivity contribution in [2.75, 3.05) is 0 Å². The van der Waals surface area contributed by atoms with Crippen LogP contribution in [0.2, 0.25) is 0 Å². The molecule has 5 nitrogen and oxygen atoms in total. The third-order valence-electron chi connectivity index (χ3n) is 2.33. The molecule has 0 saturated heterocycles. The average molecular weight is 257 g/mol. The molecule has 6 heteroatoms. The number of hydrogen-bond acceptors (Lipinski definition) is 5. The molecule has 1 aromatic rings. The molecule has 0 radical (unpaired) electrons. The zero-order chi connectivity index (χ0) is 13.2. The number of thioether (sulfide) groups is 1. The quantitative estimate of drug-likeness (QED) is 0.480. The third kappa shape index (κ3) is 3.28. The predicted molar refractivity (Wildman–Crippen MR) is 65.3 cm³/mol. The van der Waals surface area contributed by atoms with Gasteiger partial charge >= 0.3 is 5.97 Å². The van der Waals surface area contributed by atoms with Crippen LogP contribution in [-0.2, 0) is 4.79 Å². The zero-order valence-corrected chi connectivity index (χ0v) is 10.4. The van der Waals surface area contributed by atoms with E-state index in [0.29, 0.717) is 4.90 Å². The molecule has 0 heterocycles. The van der Waals surface area contributed by atoms with E-state index in [9.17, 15) is 15.0 Å². The Morgan fingerprint density at radius 1 is 1.41 bits per heavy atom. The van der Waals surface area contributed by atoms with Gasteiger partial charge in [0.1, 0.15) is 17.5 Å². The van der Waals surface area contributed by atoms with E-state index in [2.05, 4.69) is 0 Å². The van der Waals surface area contributed by atoms with E-state index in [-0.39, 0.29) is 11.5 Å². The molecule has 0 spiro atoms. The van der Waals surface area contributed by atoms with Crippen molar-refractivity contribution in [3.63, 3.8) is 0 Å². The van der Waals surface area contributed by atoms with Crippen molar-refractivity contribution in [3.8, 4) is 11.5 Å². The number of phenolic OH excluding ortho intramolecular Hbond substituents is 2. The SMILES string of the molecule is CC(C)(Sc1cc(O)ccc1O)C(N)C(=O)O. The highest BCUT2D eigenvalue weighted by molar-refractivity contribution is 8.00. The molecular formula is C11H15NO4S. The summed E-state index contributed by atoms with van der Waals surface area (Å²) in [5.41, 5.74) is 5.57. The lowest BCUT2D eigenvalue weighted by Crippen LogP contribution is -2.46. The summed E-state index contributed by atoms with van der Waals surface area (Å²) in [6, 6.07) is 2.99. The molecule has 1 aromatic carbocycles. The lowest BCUT2D eigenvalue weighted by atomic mass is 10.1. The summed E-state index contributed by atoms with van der Waals surface area (Å²) in [4.78, 5) is 11.2. The average Bonchev–Trinajstić information content (AvgIpc) is 2.21. The first-order valence-electron chi connectivity index (χ1n) is 4.93. The van der Waals surface area contributed by atoms with E-state index in [1.54, 1.807) is 13.8 Å². The van der Waals surface area contributed by atoms with E-state index in [0.717, 1.165) is 11.8 Å². The van der Waals surface area contributed by atoms with Crippen LogP contribution in [0, 0.1) is 0 Å². The molecule has 0 bridgehead atoms. The maximum atomic E-state index is 10.8. The lowest BCUT2D eigenvalue weighted by Gasteiger charge is -2.28. The number of nitrogens with two attached hydrogens (primary N) is 1. The zero-order valence-electron chi connectivity index (χ0n) is 9.54. The monoisotopic (exact) mass is 257 g/mol. The number of carboxylic acid groups (broad SMARTS) is 1. The van der Waals surface area contributed by atoms with Crippen LogP contribution in [0.5, 0.6) is 11.5 Å². The van der Waals surface area contributed by atoms with Gasteiger partial charge in [0.05, 0.1) is 4.90 Å². The molecule has 1 unspecified atom stereocenters. The normalized spacial score (nSPS) is 13.4. The van der Waals surface area contributed by atoms with Crippen molar-refractivity contribution in [2.24, 2.45) is 5.73 Å². The number of carboxylic acids is 1. The Hall–Kier alpha value is -1.40. The van der Waals surface area contributed by atoms with E-state index in [1.165, 1.54) is 18.2 Å². The molecule has 0 saturated carbocycles. The van der Waals surface area contributed by atoms with Crippen molar-refractivity contribution >= 4 is 17.7 Å². The number of phenols is 2. The molecule has 17 heavy (non-hydrogen) atoms. The van der Waals surface area contributed by atoms with Crippen molar-refractivity contribution in [3.05, 3.63) is 18.2 Å². The van der Waals surface area contributed by atoms with Crippen molar-refractivity contribution in [2.45, 2.75) is 29.5 Å². The second-order valence-corrected chi connectivity index (χ2v) is 5.87. The highest BCUT2D eigenvalue weighted by atomic mass is 32.2. The minimum atomic E-state index is -1.11. The second kappa shape index (κ2) is 4.85. The highest BCUT2D eigenvalue weighted by Gasteiger charge is 2.33. The largest absolute Gasteiger partial charge is 0.508 e. The molecular weight excluding hydrogens is 242 g/mol. The van der Waals surface area contributed by atoms with Gasteiger partial charge < -0.3 is 21.1 Å². The Labute approximate surface area is 103 Å². The fourth-order valence-electron chi connectivity index (χ4n) is 1.23. The van der Waals surface area contributed by atoms with Crippen LogP contribution < -0.4 is 5.73 Å². The predicted octanol–water partition coefficient (Wildman–Crippen LogP) is 1.38. The van der Waals surface area contributed by atoms with Gasteiger partial charge in [-0.25, -0.2) is 0 Å². The number of rotatable bonds is 4. The van der Waals surface area contributed by atoms with Gasteiger partial charge in [0.15, 0.2) is 0 Å². The fourth-order valence-corrected chi connectivity index (χ4v) is 2.38. The number of carbonyl (C=O) groups is 1. The van der Waals surface area contributed by atoms with Gasteiger partial charge in [0.2, 0.25) is 0 Å². The number of aromatic hydroxyl groups is 2. The van der Waals surface area contributed by atoms with Crippen molar-refractivity contribution in [1.82, 2.24) is 0 Å². The molecule has 0 aliphatic carbocycles. The Morgan fingerprint density at radius 3 is 2.53 bits per heavy atom. The first-order chi connectivity index (χ1) is 7.74. The Kier molecular flexibility index (Phi) is 3.90. The van der Waals surface area contributed by atoms with E-state index < -0.39 is 16.8 Å². The maximum absolute atomic E-state index is 10.8. The summed E-state index contributed by atoms with van der Waals surface area (Å²) in [5.74, 6) is -1.12. The molecule has 94 valence electrons. The molecule has 1 atom stereocenters. The molecule has 0 aromatic heterocycles. The Balaban J connectivity index is 2.97. The van der Waals surface area contributed by atoms with Crippen LogP contribution in [0.3, 0.4) is 0 Å². The van der Waals surface area contributed by atoms with Gasteiger partial charge in [-0.05, 0) is 32.0 Å². The second-order valence-electron chi connectivity index (χ2n) is 4.17. The van der Waals surface area contributed by atoms with Gasteiger partial charge in [0, 0.05) is 4.75 Å². The van der Waals surface area contributed by atoms with Crippen LogP contribution in [0.4, 0.5) is 0 Å². The molecule has 1 rings (SSSR count). The van der Waals surface area contributed by atoms with Gasteiger partial charge in [-0.2, -0.15) is 0 Å². The van der Waals surface area contributed by atoms with E-state index in [4.69, 9.17) is 10.8 Å². The first-order valence-corrected chi connectivity index (χ1v) is 5.75. The first kappa shape index (κ1) is 13.7. The molecule has 0 amide bonds. The summed E-state index contributed by atoms with van der Waals surface area (Å²) >= 11 is 1.11. The van der Waals surface area contributed by atoms with E-state index in [1.807, 2.05) is 0 Å². The van der Waals surface area contributed by atoms with Crippen LogP contribution >= 0.6 is 11.8 Å². The van der Waals surface area contributed by atoms with Crippen LogP contribution in [0.15, 0.2) is 23.1 Å². The van der Waals surface area contributed by atoms with Crippen LogP contribution in [-0.4, -0.2) is 32.1 Å². The van der Waals surface area contributed by atoms with Crippen LogP contribution in [0.1, 0.15) is 13.8 Å². The maximum Gasteiger partial charge on any atom is 0.321 e. The van der Waals surface area contributed by atoms with Gasteiger partial charge in [-0.15, -0.1) is 11.8 Å². The summed E-state index contributed by atoms with van der Waals surface area (Å²) in [5, 5.41) is 27.8. The molecule has 0 aliphatic heterocycles. The smallest absolute Gasteiger partial charge is 0.321 e. The number of aliphatic carboxylic acids is 1. The Bertz CT molecular complexity index is 433. The minimum absolute atomic E-state index is 0.00463. The minimum Gasteiger partial charge on any atom is -0.508 e. The molecule has 0 fully saturated rings. The fraction of sp³-hybridized carbons (Fsp3) is 0.364. The lowest BCUT2D eigenvalue weighted by molar-refractivity contribution is -0.139. The van der Waals surface area contributed by atoms with Crippen molar-refractivity contribution in [1.29, 1.82) is 0 Å². The molecule has 5 N–H and O–H groups in total. The molecule has 0 aliphatic rings. The van der Waals surface area contributed by atoms with Crippen molar-refractivity contribution < 1.29 is 20.1 Å². The van der Waals surface area contributed by atoms with E-state index >= 15 is 0 Å². The summed E-state index contributed by atoms with van der Waals surface area (Å²) in [6.07, 6.45) is 0. The van der Waals surface area contributed by atoms with Gasteiger partial charge in [0.25, 0.3) is 0 Å². The summed E-state index contributed by atoms with van der Waals surface area (Å²) < 4.78 is -0.808. The highest BCUT2D eigenvalue weighted by Crippen LogP contribution is 2.40. The summed E-state index contributed by atoms with van der Waals surface area (Å²) in [7, 11) is 0. The third-order valence-corrected chi connectivity index (χ3v) is 3.66. The number of benzene rings is 1. The van der Waals surface area contributed by atoms with Gasteiger partial charge in [-0.1, -0.05) is 0 Å².